The average molecular weight is 489 g/mol. The van der Waals surface area contributed by atoms with Crippen molar-refractivity contribution >= 4 is 46.5 Å². The van der Waals surface area contributed by atoms with Gasteiger partial charge in [0.2, 0.25) is 0 Å². The third-order valence-electron chi connectivity index (χ3n) is 5.74. The molecular formula is C25H26Cl2N2O4. The predicted octanol–water partition coefficient (Wildman–Crippen LogP) is 5.56. The Balaban J connectivity index is 2.30. The van der Waals surface area contributed by atoms with Gasteiger partial charge in [0.15, 0.2) is 0 Å². The zero-order valence-corrected chi connectivity index (χ0v) is 20.9. The van der Waals surface area contributed by atoms with Gasteiger partial charge < -0.3 is 19.3 Å². The van der Waals surface area contributed by atoms with Crippen LogP contribution in [0.2, 0.25) is 10.0 Å². The van der Waals surface area contributed by atoms with Gasteiger partial charge in [0.1, 0.15) is 0 Å². The maximum Gasteiger partial charge on any atom is 0.336 e. The molecule has 33 heavy (non-hydrogen) atoms. The SMILES string of the molecule is COC(=O)C1=C(C)N(c2ccc(N(C)C)cc2)C(C)=C(C(=O)OC)C1c1ccc(Cl)c(Cl)c1. The number of hydrogen-bond donors (Lipinski definition) is 0. The van der Waals surface area contributed by atoms with Crippen LogP contribution in [-0.2, 0) is 19.1 Å². The van der Waals surface area contributed by atoms with Gasteiger partial charge in [-0.15, -0.1) is 0 Å². The molecule has 2 aromatic rings. The minimum atomic E-state index is -0.739. The molecule has 0 saturated carbocycles. The summed E-state index contributed by atoms with van der Waals surface area (Å²) in [6.07, 6.45) is 0. The number of nitrogens with zero attached hydrogens (tertiary/aromatic N) is 2. The Kier molecular flexibility index (Phi) is 7.40. The number of hydrogen-bond acceptors (Lipinski definition) is 6. The molecule has 0 unspecified atom stereocenters. The van der Waals surface area contributed by atoms with Crippen molar-refractivity contribution in [3.05, 3.63) is 80.6 Å². The van der Waals surface area contributed by atoms with Crippen LogP contribution in [0.1, 0.15) is 25.3 Å². The van der Waals surface area contributed by atoms with E-state index in [1.165, 1.54) is 14.2 Å². The highest BCUT2D eigenvalue weighted by Crippen LogP contribution is 2.45. The number of esters is 2. The zero-order chi connectivity index (χ0) is 24.4. The predicted molar refractivity (Wildman–Crippen MR) is 132 cm³/mol. The number of rotatable bonds is 5. The molecule has 0 fully saturated rings. The molecule has 0 aliphatic carbocycles. The van der Waals surface area contributed by atoms with Crippen molar-refractivity contribution in [3.8, 4) is 0 Å². The molecule has 0 aromatic heterocycles. The molecule has 8 heteroatoms. The van der Waals surface area contributed by atoms with Crippen LogP contribution < -0.4 is 9.80 Å². The third kappa shape index (κ3) is 4.59. The molecule has 0 bridgehead atoms. The summed E-state index contributed by atoms with van der Waals surface area (Å²) in [5.74, 6) is -1.84. The molecule has 1 aliphatic rings. The molecule has 1 aliphatic heterocycles. The van der Waals surface area contributed by atoms with Gasteiger partial charge in [0.05, 0.1) is 41.3 Å². The summed E-state index contributed by atoms with van der Waals surface area (Å²) >= 11 is 12.4. The molecule has 1 heterocycles. The van der Waals surface area contributed by atoms with Gasteiger partial charge in [0.25, 0.3) is 0 Å². The van der Waals surface area contributed by atoms with Crippen molar-refractivity contribution in [1.82, 2.24) is 0 Å². The van der Waals surface area contributed by atoms with Crippen molar-refractivity contribution in [1.29, 1.82) is 0 Å². The first-order valence-electron chi connectivity index (χ1n) is 10.2. The number of halogens is 2. The van der Waals surface area contributed by atoms with Gasteiger partial charge in [-0.05, 0) is 55.8 Å². The average Bonchev–Trinajstić information content (AvgIpc) is 2.80. The van der Waals surface area contributed by atoms with Crippen LogP contribution in [0.3, 0.4) is 0 Å². The molecule has 6 nitrogen and oxygen atoms in total. The third-order valence-corrected chi connectivity index (χ3v) is 6.48. The summed E-state index contributed by atoms with van der Waals surface area (Å²) < 4.78 is 10.3. The normalized spacial score (nSPS) is 14.5. The van der Waals surface area contributed by atoms with Gasteiger partial charge in [-0.2, -0.15) is 0 Å². The summed E-state index contributed by atoms with van der Waals surface area (Å²) in [5, 5.41) is 0.694. The van der Waals surface area contributed by atoms with Gasteiger partial charge in [-0.1, -0.05) is 29.3 Å². The lowest BCUT2D eigenvalue weighted by atomic mass is 9.79. The van der Waals surface area contributed by atoms with E-state index in [1.807, 2.05) is 62.0 Å². The Morgan fingerprint density at radius 3 is 1.79 bits per heavy atom. The van der Waals surface area contributed by atoms with E-state index in [9.17, 15) is 9.59 Å². The van der Waals surface area contributed by atoms with Gasteiger partial charge in [-0.25, -0.2) is 9.59 Å². The monoisotopic (exact) mass is 488 g/mol. The Hall–Kier alpha value is -2.96. The van der Waals surface area contributed by atoms with E-state index < -0.39 is 17.9 Å². The van der Waals surface area contributed by atoms with E-state index >= 15 is 0 Å². The molecule has 2 aromatic carbocycles. The van der Waals surface area contributed by atoms with E-state index in [0.717, 1.165) is 11.4 Å². The Morgan fingerprint density at radius 2 is 1.36 bits per heavy atom. The van der Waals surface area contributed by atoms with E-state index in [-0.39, 0.29) is 0 Å². The highest BCUT2D eigenvalue weighted by atomic mass is 35.5. The first-order valence-corrected chi connectivity index (χ1v) is 11.0. The quantitative estimate of drug-likeness (QED) is 0.513. The van der Waals surface area contributed by atoms with Crippen molar-refractivity contribution in [2.75, 3.05) is 38.1 Å². The first kappa shape index (κ1) is 24.7. The lowest BCUT2D eigenvalue weighted by molar-refractivity contribution is -0.137. The van der Waals surface area contributed by atoms with Crippen LogP contribution in [0.25, 0.3) is 0 Å². The highest BCUT2D eigenvalue weighted by molar-refractivity contribution is 6.42. The molecule has 174 valence electrons. The summed E-state index contributed by atoms with van der Waals surface area (Å²) in [6.45, 7) is 3.66. The second-order valence-corrected chi connectivity index (χ2v) is 8.65. The summed E-state index contributed by atoms with van der Waals surface area (Å²) in [4.78, 5) is 30.0. The molecule has 0 spiro atoms. The number of ether oxygens (including phenoxy) is 2. The largest absolute Gasteiger partial charge is 0.466 e. The number of carbonyl (C=O) groups is 2. The van der Waals surface area contributed by atoms with Crippen molar-refractivity contribution in [3.63, 3.8) is 0 Å². The van der Waals surface area contributed by atoms with Crippen LogP contribution in [0.4, 0.5) is 11.4 Å². The zero-order valence-electron chi connectivity index (χ0n) is 19.4. The first-order chi connectivity index (χ1) is 15.6. The second-order valence-electron chi connectivity index (χ2n) is 7.83. The van der Waals surface area contributed by atoms with Crippen LogP contribution in [0.15, 0.2) is 65.0 Å². The topological polar surface area (TPSA) is 59.1 Å². The standard InChI is InChI=1S/C25H26Cl2N2O4/c1-14-21(24(30)32-5)23(16-7-12-19(26)20(27)13-16)22(25(31)33-6)15(2)29(14)18-10-8-17(9-11-18)28(3)4/h7-13,23H,1-6H3. The second kappa shape index (κ2) is 9.89. The summed E-state index contributed by atoms with van der Waals surface area (Å²) in [7, 11) is 6.54. The smallest absolute Gasteiger partial charge is 0.336 e. The molecule has 0 N–H and O–H groups in total. The lowest BCUT2D eigenvalue weighted by Crippen LogP contribution is -2.35. The minimum Gasteiger partial charge on any atom is -0.466 e. The summed E-state index contributed by atoms with van der Waals surface area (Å²) in [5.41, 5.74) is 4.37. The molecule has 0 radical (unpaired) electrons. The van der Waals surface area contributed by atoms with Crippen LogP contribution in [-0.4, -0.2) is 40.3 Å². The van der Waals surface area contributed by atoms with Crippen molar-refractivity contribution < 1.29 is 19.1 Å². The van der Waals surface area contributed by atoms with Crippen LogP contribution in [0.5, 0.6) is 0 Å². The van der Waals surface area contributed by atoms with Gasteiger partial charge >= 0.3 is 11.9 Å². The number of carbonyl (C=O) groups excluding carboxylic acids is 2. The molecule has 3 rings (SSSR count). The minimum absolute atomic E-state index is 0.318. The molecule has 0 amide bonds. The van der Waals surface area contributed by atoms with Crippen LogP contribution >= 0.6 is 23.2 Å². The molecular weight excluding hydrogens is 463 g/mol. The Bertz CT molecular complexity index is 1110. The number of allylic oxidation sites excluding steroid dienone is 2. The fraction of sp³-hybridized carbons (Fsp3) is 0.280. The van der Waals surface area contributed by atoms with E-state index in [2.05, 4.69) is 0 Å². The van der Waals surface area contributed by atoms with Gasteiger partial charge in [-0.3, -0.25) is 0 Å². The number of benzene rings is 2. The fourth-order valence-electron chi connectivity index (χ4n) is 4.12. The summed E-state index contributed by atoms with van der Waals surface area (Å²) in [6, 6.07) is 12.8. The van der Waals surface area contributed by atoms with Crippen LogP contribution in [0, 0.1) is 0 Å². The number of anilines is 2. The fourth-order valence-corrected chi connectivity index (χ4v) is 4.42. The maximum absolute atomic E-state index is 13.0. The van der Waals surface area contributed by atoms with E-state index in [0.29, 0.717) is 38.1 Å². The Labute approximate surface area is 204 Å². The van der Waals surface area contributed by atoms with Crippen molar-refractivity contribution in [2.45, 2.75) is 19.8 Å². The Morgan fingerprint density at radius 1 is 0.848 bits per heavy atom. The molecule has 0 saturated heterocycles. The van der Waals surface area contributed by atoms with E-state index in [4.69, 9.17) is 32.7 Å². The van der Waals surface area contributed by atoms with E-state index in [1.54, 1.807) is 18.2 Å². The lowest BCUT2D eigenvalue weighted by Gasteiger charge is -2.38. The van der Waals surface area contributed by atoms with Gasteiger partial charge in [0, 0.05) is 36.9 Å². The molecule has 0 atom stereocenters. The number of methoxy groups -OCH3 is 2. The maximum atomic E-state index is 13.0. The van der Waals surface area contributed by atoms with Crippen molar-refractivity contribution in [2.24, 2.45) is 0 Å². The highest BCUT2D eigenvalue weighted by Gasteiger charge is 2.40.